The van der Waals surface area contributed by atoms with Gasteiger partial charge in [-0.3, -0.25) is 4.90 Å². The Bertz CT molecular complexity index is 877. The van der Waals surface area contributed by atoms with Crippen molar-refractivity contribution in [3.63, 3.8) is 0 Å². The minimum absolute atomic E-state index is 0.222. The number of rotatable bonds is 9. The van der Waals surface area contributed by atoms with Gasteiger partial charge in [-0.15, -0.1) is 0 Å². The summed E-state index contributed by atoms with van der Waals surface area (Å²) in [6.07, 6.45) is 1.43. The van der Waals surface area contributed by atoms with Gasteiger partial charge in [0.25, 0.3) is 0 Å². The fourth-order valence-corrected chi connectivity index (χ4v) is 4.82. The van der Waals surface area contributed by atoms with Crippen molar-refractivity contribution in [3.05, 3.63) is 53.7 Å². The monoisotopic (exact) mass is 418 g/mol. The molecule has 0 saturated carbocycles. The van der Waals surface area contributed by atoms with E-state index in [1.165, 1.54) is 21.6 Å². The molecule has 8 heteroatoms. The van der Waals surface area contributed by atoms with Crippen LogP contribution in [-0.4, -0.2) is 62.0 Å². The van der Waals surface area contributed by atoms with Crippen molar-refractivity contribution in [2.24, 2.45) is 0 Å². The molecule has 0 bridgehead atoms. The van der Waals surface area contributed by atoms with E-state index in [1.807, 2.05) is 19.9 Å². The van der Waals surface area contributed by atoms with Gasteiger partial charge in [0.2, 0.25) is 10.0 Å². The molecule has 1 fully saturated rings. The number of sulfonamides is 1. The molecule has 0 spiro atoms. The van der Waals surface area contributed by atoms with Crippen LogP contribution in [0.15, 0.2) is 47.5 Å². The number of hydrogen-bond acceptors (Lipinski definition) is 6. The van der Waals surface area contributed by atoms with Gasteiger partial charge in [-0.1, -0.05) is 38.1 Å². The average Bonchev–Trinajstić information content (AvgIpc) is 2.75. The second-order valence-corrected chi connectivity index (χ2v) is 8.92. The maximum atomic E-state index is 12.6. The molecule has 1 aromatic heterocycles. The molecule has 0 aliphatic carbocycles. The molecule has 29 heavy (non-hydrogen) atoms. The largest absolute Gasteiger partial charge is 0.379 e. The van der Waals surface area contributed by atoms with E-state index in [0.717, 1.165) is 32.8 Å². The summed E-state index contributed by atoms with van der Waals surface area (Å²) in [5.74, 6) is 0.657. The zero-order chi connectivity index (χ0) is 20.7. The van der Waals surface area contributed by atoms with Gasteiger partial charge in [-0.2, -0.15) is 4.31 Å². The molecule has 158 valence electrons. The summed E-state index contributed by atoms with van der Waals surface area (Å²) in [6.45, 7) is 9.55. The van der Waals surface area contributed by atoms with Crippen molar-refractivity contribution >= 4 is 15.8 Å². The van der Waals surface area contributed by atoms with Crippen LogP contribution in [0.1, 0.15) is 25.0 Å². The van der Waals surface area contributed by atoms with Crippen LogP contribution in [0.4, 0.5) is 5.82 Å². The number of benzene rings is 1. The minimum atomic E-state index is -3.48. The number of morpholine rings is 1. The highest BCUT2D eigenvalue weighted by atomic mass is 32.2. The first-order valence-electron chi connectivity index (χ1n) is 10.1. The van der Waals surface area contributed by atoms with Crippen LogP contribution >= 0.6 is 0 Å². The molecular weight excluding hydrogens is 388 g/mol. The molecule has 1 aliphatic rings. The lowest BCUT2D eigenvalue weighted by Crippen LogP contribution is -2.35. The van der Waals surface area contributed by atoms with Crippen LogP contribution < -0.4 is 5.32 Å². The molecule has 2 heterocycles. The maximum absolute atomic E-state index is 12.6. The Hall–Kier alpha value is -2.00. The summed E-state index contributed by atoms with van der Waals surface area (Å²) >= 11 is 0. The fraction of sp³-hybridized carbons (Fsp3) is 0.476. The van der Waals surface area contributed by atoms with Gasteiger partial charge in [0.15, 0.2) is 0 Å². The van der Waals surface area contributed by atoms with Crippen LogP contribution in [0.3, 0.4) is 0 Å². The summed E-state index contributed by atoms with van der Waals surface area (Å²) in [7, 11) is -3.48. The first-order valence-corrected chi connectivity index (χ1v) is 11.6. The van der Waals surface area contributed by atoms with Crippen LogP contribution in [0.2, 0.25) is 0 Å². The van der Waals surface area contributed by atoms with Gasteiger partial charge in [-0.25, -0.2) is 13.4 Å². The highest BCUT2D eigenvalue weighted by Gasteiger charge is 2.21. The first-order chi connectivity index (χ1) is 14.0. The predicted octanol–water partition coefficient (Wildman–Crippen LogP) is 2.56. The number of nitrogens with zero attached hydrogens (tertiary/aromatic N) is 3. The maximum Gasteiger partial charge on any atom is 0.244 e. The lowest BCUT2D eigenvalue weighted by Gasteiger charge is -2.27. The number of nitrogens with one attached hydrogen (secondary N) is 1. The van der Waals surface area contributed by atoms with Crippen molar-refractivity contribution in [3.8, 4) is 0 Å². The van der Waals surface area contributed by atoms with E-state index >= 15 is 0 Å². The van der Waals surface area contributed by atoms with Crippen LogP contribution in [0, 0.1) is 0 Å². The third-order valence-corrected chi connectivity index (χ3v) is 7.19. The standard InChI is InChI=1S/C21H30N4O3S/c1-3-25(4-2)29(26,27)20-9-10-21(23-16-20)22-15-18-7-5-6-8-19(18)17-24-11-13-28-14-12-24/h5-10,16H,3-4,11-15,17H2,1-2H3,(H,22,23). The van der Waals surface area contributed by atoms with Gasteiger partial charge < -0.3 is 10.1 Å². The molecule has 2 aromatic rings. The lowest BCUT2D eigenvalue weighted by atomic mass is 10.1. The first kappa shape index (κ1) is 21.7. The number of anilines is 1. The van der Waals surface area contributed by atoms with Crippen LogP contribution in [0.5, 0.6) is 0 Å². The Kier molecular flexibility index (Phi) is 7.60. The molecule has 0 unspecified atom stereocenters. The average molecular weight is 419 g/mol. The van der Waals surface area contributed by atoms with E-state index in [9.17, 15) is 8.42 Å². The second-order valence-electron chi connectivity index (χ2n) is 6.98. The smallest absolute Gasteiger partial charge is 0.244 e. The predicted molar refractivity (Wildman–Crippen MR) is 114 cm³/mol. The van der Waals surface area contributed by atoms with Crippen LogP contribution in [-0.2, 0) is 27.8 Å². The number of aromatic nitrogens is 1. The zero-order valence-corrected chi connectivity index (χ0v) is 18.0. The van der Waals surface area contributed by atoms with E-state index in [0.29, 0.717) is 25.5 Å². The molecule has 1 N–H and O–H groups in total. The summed E-state index contributed by atoms with van der Waals surface area (Å²) in [4.78, 5) is 6.93. The second kappa shape index (κ2) is 10.2. The molecular formula is C21H30N4O3S. The van der Waals surface area contributed by atoms with E-state index in [2.05, 4.69) is 33.4 Å². The Morgan fingerprint density at radius 3 is 2.38 bits per heavy atom. The minimum Gasteiger partial charge on any atom is -0.379 e. The Labute approximate surface area is 173 Å². The fourth-order valence-electron chi connectivity index (χ4n) is 3.42. The number of hydrogen-bond donors (Lipinski definition) is 1. The van der Waals surface area contributed by atoms with Crippen LogP contribution in [0.25, 0.3) is 0 Å². The Balaban J connectivity index is 1.65. The molecule has 0 radical (unpaired) electrons. The van der Waals surface area contributed by atoms with Gasteiger partial charge in [0.1, 0.15) is 10.7 Å². The molecule has 1 aliphatic heterocycles. The van der Waals surface area contributed by atoms with Crippen molar-refractivity contribution in [2.45, 2.75) is 31.8 Å². The SMILES string of the molecule is CCN(CC)S(=O)(=O)c1ccc(NCc2ccccc2CN2CCOCC2)nc1. The van der Waals surface area contributed by atoms with Gasteiger partial charge in [-0.05, 0) is 23.3 Å². The highest BCUT2D eigenvalue weighted by molar-refractivity contribution is 7.89. The Morgan fingerprint density at radius 2 is 1.76 bits per heavy atom. The normalized spacial score (nSPS) is 15.6. The number of ether oxygens (including phenoxy) is 1. The van der Waals surface area contributed by atoms with E-state index in [1.54, 1.807) is 12.1 Å². The topological polar surface area (TPSA) is 74.8 Å². The van der Waals surface area contributed by atoms with E-state index < -0.39 is 10.0 Å². The molecule has 0 amide bonds. The van der Waals surface area contributed by atoms with Gasteiger partial charge in [0.05, 0.1) is 13.2 Å². The van der Waals surface area contributed by atoms with E-state index in [-0.39, 0.29) is 4.90 Å². The summed E-state index contributed by atoms with van der Waals surface area (Å²) in [5.41, 5.74) is 2.49. The lowest BCUT2D eigenvalue weighted by molar-refractivity contribution is 0.0341. The summed E-state index contributed by atoms with van der Waals surface area (Å²) < 4.78 is 32.0. The molecule has 0 atom stereocenters. The summed E-state index contributed by atoms with van der Waals surface area (Å²) in [5, 5.41) is 3.31. The van der Waals surface area contributed by atoms with Crippen molar-refractivity contribution in [2.75, 3.05) is 44.7 Å². The molecule has 7 nitrogen and oxygen atoms in total. The van der Waals surface area contributed by atoms with Crippen molar-refractivity contribution in [1.29, 1.82) is 0 Å². The highest BCUT2D eigenvalue weighted by Crippen LogP contribution is 2.18. The third-order valence-electron chi connectivity index (χ3n) is 5.16. The third kappa shape index (κ3) is 5.54. The van der Waals surface area contributed by atoms with Gasteiger partial charge >= 0.3 is 0 Å². The van der Waals surface area contributed by atoms with E-state index in [4.69, 9.17) is 4.74 Å². The molecule has 1 saturated heterocycles. The zero-order valence-electron chi connectivity index (χ0n) is 17.2. The number of pyridine rings is 1. The van der Waals surface area contributed by atoms with Gasteiger partial charge in [0, 0.05) is 45.5 Å². The Morgan fingerprint density at radius 1 is 1.07 bits per heavy atom. The summed E-state index contributed by atoms with van der Waals surface area (Å²) in [6, 6.07) is 11.7. The molecule has 1 aromatic carbocycles. The molecule has 3 rings (SSSR count). The van der Waals surface area contributed by atoms with Crippen molar-refractivity contribution in [1.82, 2.24) is 14.2 Å². The quantitative estimate of drug-likeness (QED) is 0.675. The van der Waals surface area contributed by atoms with Crippen molar-refractivity contribution < 1.29 is 13.2 Å².